The van der Waals surface area contributed by atoms with Crippen LogP contribution in [0, 0.1) is 17.0 Å². The predicted molar refractivity (Wildman–Crippen MR) is 97.7 cm³/mol. The fourth-order valence-electron chi connectivity index (χ4n) is 2.17. The van der Waals surface area contributed by atoms with Gasteiger partial charge in [0.05, 0.1) is 11.5 Å². The lowest BCUT2D eigenvalue weighted by molar-refractivity contribution is -0.384. The van der Waals surface area contributed by atoms with Crippen LogP contribution in [0.2, 0.25) is 0 Å². The van der Waals surface area contributed by atoms with Crippen molar-refractivity contribution in [1.29, 1.82) is 0 Å². The Morgan fingerprint density at radius 3 is 2.76 bits per heavy atom. The Morgan fingerprint density at radius 1 is 1.28 bits per heavy atom. The average molecular weight is 340 g/mol. The minimum absolute atomic E-state index is 0.0129. The summed E-state index contributed by atoms with van der Waals surface area (Å²) in [5, 5.41) is 13.5. The molecule has 25 heavy (non-hydrogen) atoms. The molecule has 0 aliphatic rings. The molecule has 0 atom stereocenters. The van der Waals surface area contributed by atoms with E-state index in [1.165, 1.54) is 24.3 Å². The van der Waals surface area contributed by atoms with E-state index >= 15 is 0 Å². The molecule has 0 aliphatic heterocycles. The Labute approximate surface area is 146 Å². The van der Waals surface area contributed by atoms with E-state index in [9.17, 15) is 14.9 Å². The maximum atomic E-state index is 12.1. The fraction of sp³-hybridized carbons (Fsp3) is 0.211. The van der Waals surface area contributed by atoms with Gasteiger partial charge in [-0.2, -0.15) is 0 Å². The van der Waals surface area contributed by atoms with E-state index in [0.29, 0.717) is 17.9 Å². The first-order valence-corrected chi connectivity index (χ1v) is 7.96. The van der Waals surface area contributed by atoms with Gasteiger partial charge in [-0.15, -0.1) is 0 Å². The van der Waals surface area contributed by atoms with Crippen LogP contribution in [-0.4, -0.2) is 17.4 Å². The molecule has 6 nitrogen and oxygen atoms in total. The van der Waals surface area contributed by atoms with Crippen molar-refractivity contribution in [2.45, 2.75) is 20.3 Å². The Hall–Kier alpha value is -3.15. The number of nitro groups is 1. The number of aryl methyl sites for hydroxylation is 1. The molecule has 0 bridgehead atoms. The van der Waals surface area contributed by atoms with Crippen LogP contribution in [0.4, 0.5) is 11.4 Å². The van der Waals surface area contributed by atoms with Crippen LogP contribution in [0.5, 0.6) is 5.75 Å². The maximum Gasteiger partial charge on any atom is 0.270 e. The minimum Gasteiger partial charge on any atom is -0.494 e. The van der Waals surface area contributed by atoms with E-state index in [0.717, 1.165) is 17.7 Å². The van der Waals surface area contributed by atoms with E-state index in [1.807, 2.05) is 26.0 Å². The molecule has 2 aromatic carbocycles. The second-order valence-corrected chi connectivity index (χ2v) is 5.50. The number of anilines is 1. The Kier molecular flexibility index (Phi) is 6.28. The van der Waals surface area contributed by atoms with Gasteiger partial charge in [-0.3, -0.25) is 14.9 Å². The molecule has 130 valence electrons. The predicted octanol–water partition coefficient (Wildman–Crippen LogP) is 4.34. The first-order chi connectivity index (χ1) is 12.0. The summed E-state index contributed by atoms with van der Waals surface area (Å²) in [5.41, 5.74) is 2.16. The zero-order chi connectivity index (χ0) is 18.2. The molecule has 0 radical (unpaired) electrons. The maximum absolute atomic E-state index is 12.1. The average Bonchev–Trinajstić information content (AvgIpc) is 2.60. The highest BCUT2D eigenvalue weighted by Gasteiger charge is 2.06. The molecule has 0 saturated carbocycles. The fourth-order valence-corrected chi connectivity index (χ4v) is 2.17. The van der Waals surface area contributed by atoms with E-state index < -0.39 is 4.92 Å². The number of non-ortho nitro benzene ring substituents is 1. The Balaban J connectivity index is 2.02. The van der Waals surface area contributed by atoms with Crippen LogP contribution in [0.1, 0.15) is 24.5 Å². The van der Waals surface area contributed by atoms with Gasteiger partial charge in [-0.25, -0.2) is 0 Å². The zero-order valence-corrected chi connectivity index (χ0v) is 14.2. The van der Waals surface area contributed by atoms with Crippen molar-refractivity contribution in [3.05, 3.63) is 69.8 Å². The number of nitro benzene ring substituents is 1. The second kappa shape index (κ2) is 8.63. The van der Waals surface area contributed by atoms with E-state index in [-0.39, 0.29) is 11.6 Å². The molecule has 0 aliphatic carbocycles. The van der Waals surface area contributed by atoms with Gasteiger partial charge in [0, 0.05) is 23.9 Å². The highest BCUT2D eigenvalue weighted by atomic mass is 16.6. The van der Waals surface area contributed by atoms with Crippen molar-refractivity contribution in [2.75, 3.05) is 11.9 Å². The molecule has 2 rings (SSSR count). The second-order valence-electron chi connectivity index (χ2n) is 5.50. The van der Waals surface area contributed by atoms with Gasteiger partial charge in [0.15, 0.2) is 0 Å². The summed E-state index contributed by atoms with van der Waals surface area (Å²) in [6.45, 7) is 4.57. The standard InChI is InChI=1S/C19H20N2O4/c1-3-11-25-17-8-9-18(14(2)12-17)20-19(22)10-7-15-5-4-6-16(13-15)21(23)24/h4-10,12-13H,3,11H2,1-2H3,(H,20,22). The molecular formula is C19H20N2O4. The van der Waals surface area contributed by atoms with Crippen LogP contribution < -0.4 is 10.1 Å². The summed E-state index contributed by atoms with van der Waals surface area (Å²) in [4.78, 5) is 22.3. The molecule has 2 aromatic rings. The summed E-state index contributed by atoms with van der Waals surface area (Å²) < 4.78 is 5.55. The zero-order valence-electron chi connectivity index (χ0n) is 14.2. The van der Waals surface area contributed by atoms with Gasteiger partial charge in [-0.05, 0) is 48.7 Å². The van der Waals surface area contributed by atoms with Crippen LogP contribution in [0.3, 0.4) is 0 Å². The van der Waals surface area contributed by atoms with Gasteiger partial charge in [0.1, 0.15) is 5.75 Å². The van der Waals surface area contributed by atoms with Crippen molar-refractivity contribution in [2.24, 2.45) is 0 Å². The third-order valence-corrected chi connectivity index (χ3v) is 3.44. The first-order valence-electron chi connectivity index (χ1n) is 7.96. The largest absolute Gasteiger partial charge is 0.494 e. The number of nitrogens with zero attached hydrogens (tertiary/aromatic N) is 1. The first kappa shape index (κ1) is 18.2. The number of rotatable bonds is 7. The lowest BCUT2D eigenvalue weighted by Crippen LogP contribution is -2.09. The van der Waals surface area contributed by atoms with Gasteiger partial charge in [-0.1, -0.05) is 19.1 Å². The number of nitrogens with one attached hydrogen (secondary N) is 1. The summed E-state index contributed by atoms with van der Waals surface area (Å²) >= 11 is 0. The lowest BCUT2D eigenvalue weighted by Gasteiger charge is -2.10. The van der Waals surface area contributed by atoms with Gasteiger partial charge >= 0.3 is 0 Å². The number of ether oxygens (including phenoxy) is 1. The summed E-state index contributed by atoms with van der Waals surface area (Å²) in [5.74, 6) is 0.460. The van der Waals surface area contributed by atoms with Crippen molar-refractivity contribution >= 4 is 23.4 Å². The monoisotopic (exact) mass is 340 g/mol. The summed E-state index contributed by atoms with van der Waals surface area (Å²) in [6, 6.07) is 11.6. The molecule has 0 fully saturated rings. The van der Waals surface area contributed by atoms with Crippen molar-refractivity contribution in [1.82, 2.24) is 0 Å². The highest BCUT2D eigenvalue weighted by molar-refractivity contribution is 6.02. The van der Waals surface area contributed by atoms with Gasteiger partial charge in [0.25, 0.3) is 5.69 Å². The third kappa shape index (κ3) is 5.46. The molecule has 0 aromatic heterocycles. The lowest BCUT2D eigenvalue weighted by atomic mass is 10.1. The number of hydrogen-bond acceptors (Lipinski definition) is 4. The number of benzene rings is 2. The number of carbonyl (C=O) groups excluding carboxylic acids is 1. The minimum atomic E-state index is -0.469. The van der Waals surface area contributed by atoms with Crippen LogP contribution in [-0.2, 0) is 4.79 Å². The van der Waals surface area contributed by atoms with Gasteiger partial charge in [0.2, 0.25) is 5.91 Å². The molecule has 1 amide bonds. The van der Waals surface area contributed by atoms with Crippen molar-refractivity contribution in [3.8, 4) is 5.75 Å². The van der Waals surface area contributed by atoms with E-state index in [1.54, 1.807) is 18.2 Å². The smallest absolute Gasteiger partial charge is 0.270 e. The number of carbonyl (C=O) groups is 1. The molecule has 1 N–H and O–H groups in total. The molecule has 0 unspecified atom stereocenters. The number of hydrogen-bond donors (Lipinski definition) is 1. The summed E-state index contributed by atoms with van der Waals surface area (Å²) in [6.07, 6.45) is 3.82. The Morgan fingerprint density at radius 2 is 2.08 bits per heavy atom. The van der Waals surface area contributed by atoms with E-state index in [4.69, 9.17) is 4.74 Å². The van der Waals surface area contributed by atoms with Crippen LogP contribution in [0.25, 0.3) is 6.08 Å². The van der Waals surface area contributed by atoms with E-state index in [2.05, 4.69) is 5.32 Å². The molecule has 0 spiro atoms. The van der Waals surface area contributed by atoms with Crippen molar-refractivity contribution in [3.63, 3.8) is 0 Å². The van der Waals surface area contributed by atoms with Crippen molar-refractivity contribution < 1.29 is 14.5 Å². The molecule has 0 heterocycles. The normalized spacial score (nSPS) is 10.6. The topological polar surface area (TPSA) is 81.5 Å². The Bertz CT molecular complexity index is 800. The van der Waals surface area contributed by atoms with Crippen LogP contribution >= 0.6 is 0 Å². The molecular weight excluding hydrogens is 320 g/mol. The molecule has 6 heteroatoms. The molecule has 0 saturated heterocycles. The number of amides is 1. The quantitative estimate of drug-likeness (QED) is 0.462. The van der Waals surface area contributed by atoms with Gasteiger partial charge < -0.3 is 10.1 Å². The third-order valence-electron chi connectivity index (χ3n) is 3.44. The van der Waals surface area contributed by atoms with Crippen LogP contribution in [0.15, 0.2) is 48.5 Å². The highest BCUT2D eigenvalue weighted by Crippen LogP contribution is 2.21. The SMILES string of the molecule is CCCOc1ccc(NC(=O)C=Cc2cccc([N+](=O)[O-])c2)c(C)c1. The summed E-state index contributed by atoms with van der Waals surface area (Å²) in [7, 11) is 0.